The summed E-state index contributed by atoms with van der Waals surface area (Å²) in [6.45, 7) is 7.13. The van der Waals surface area contributed by atoms with Gasteiger partial charge >= 0.3 is 0 Å². The molecule has 2 fully saturated rings. The molecular formula is C32H28Cl2F2N4O2. The summed E-state index contributed by atoms with van der Waals surface area (Å²) >= 11 is 12.7. The lowest BCUT2D eigenvalue weighted by Crippen LogP contribution is -2.55. The number of aromatic nitrogens is 3. The fraction of sp³-hybridized carbons (Fsp3) is 0.312. The molecule has 4 atom stereocenters. The van der Waals surface area contributed by atoms with Crippen molar-refractivity contribution in [1.29, 1.82) is 0 Å². The molecule has 1 aliphatic carbocycles. The normalized spacial score (nSPS) is 21.3. The lowest BCUT2D eigenvalue weighted by Gasteiger charge is -2.45. The molecule has 6 nitrogen and oxygen atoms in total. The molecule has 42 heavy (non-hydrogen) atoms. The van der Waals surface area contributed by atoms with Crippen molar-refractivity contribution in [3.63, 3.8) is 0 Å². The third-order valence-corrected chi connectivity index (χ3v) is 9.04. The van der Waals surface area contributed by atoms with Crippen LogP contribution in [0.25, 0.3) is 16.9 Å². The van der Waals surface area contributed by atoms with Gasteiger partial charge in [0.2, 0.25) is 0 Å². The van der Waals surface area contributed by atoms with E-state index in [0.717, 1.165) is 18.4 Å². The molecule has 0 bridgehead atoms. The van der Waals surface area contributed by atoms with E-state index in [4.69, 9.17) is 23.2 Å². The molecule has 1 aromatic carbocycles. The zero-order chi connectivity index (χ0) is 30.0. The summed E-state index contributed by atoms with van der Waals surface area (Å²) in [5.74, 6) is -2.07. The van der Waals surface area contributed by atoms with Crippen molar-refractivity contribution in [2.45, 2.75) is 64.5 Å². The van der Waals surface area contributed by atoms with Gasteiger partial charge in [-0.1, -0.05) is 29.3 Å². The largest absolute Gasteiger partial charge is 0.333 e. The fourth-order valence-corrected chi connectivity index (χ4v) is 6.75. The molecule has 6 rings (SSSR count). The van der Waals surface area contributed by atoms with E-state index in [2.05, 4.69) is 9.97 Å². The van der Waals surface area contributed by atoms with Crippen LogP contribution < -0.4 is 5.56 Å². The Morgan fingerprint density at radius 2 is 1.71 bits per heavy atom. The van der Waals surface area contributed by atoms with E-state index in [1.807, 2.05) is 19.9 Å². The smallest absolute Gasteiger partial charge is 0.274 e. The number of likely N-dealkylation sites (tertiary alicyclic amines) is 1. The van der Waals surface area contributed by atoms with Gasteiger partial charge in [0.25, 0.3) is 11.5 Å². The van der Waals surface area contributed by atoms with Crippen LogP contribution in [0.3, 0.4) is 0 Å². The number of halogens is 4. The topological polar surface area (TPSA) is 68.1 Å². The van der Waals surface area contributed by atoms with Crippen LogP contribution in [0.15, 0.2) is 53.7 Å². The van der Waals surface area contributed by atoms with E-state index in [1.165, 1.54) is 29.0 Å². The molecule has 3 aromatic heterocycles. The van der Waals surface area contributed by atoms with Crippen LogP contribution in [-0.4, -0.2) is 37.4 Å². The molecule has 1 saturated heterocycles. The number of pyridine rings is 3. The second kappa shape index (κ2) is 10.6. The molecule has 2 aliphatic rings. The quantitative estimate of drug-likeness (QED) is 0.237. The van der Waals surface area contributed by atoms with Crippen LogP contribution in [0, 0.1) is 25.5 Å². The van der Waals surface area contributed by atoms with E-state index in [0.29, 0.717) is 21.8 Å². The molecule has 1 amide bonds. The SMILES string of the molecule is Cc1cnc(-c2cccc(C(=O)N3[C@@H](C)C[C@@H]3C)c2F)c(F)c1-n1c(C)cc([C@H]2C[C@@H]2c2cncc(Cl)c2)c(Cl)c1=O. The van der Waals surface area contributed by atoms with Crippen molar-refractivity contribution in [2.24, 2.45) is 0 Å². The Morgan fingerprint density at radius 1 is 0.976 bits per heavy atom. The lowest BCUT2D eigenvalue weighted by atomic mass is 9.93. The number of carbonyl (C=O) groups excluding carboxylic acids is 1. The number of aryl methyl sites for hydroxylation is 2. The Bertz CT molecular complexity index is 1820. The van der Waals surface area contributed by atoms with Crippen molar-refractivity contribution in [3.8, 4) is 16.9 Å². The number of hydrogen-bond donors (Lipinski definition) is 0. The molecule has 4 aromatic rings. The molecule has 1 saturated carbocycles. The zero-order valence-electron chi connectivity index (χ0n) is 23.5. The highest BCUT2D eigenvalue weighted by molar-refractivity contribution is 6.31. The van der Waals surface area contributed by atoms with Crippen LogP contribution in [0.4, 0.5) is 8.78 Å². The molecule has 0 radical (unpaired) electrons. The van der Waals surface area contributed by atoms with Gasteiger partial charge in [-0.2, -0.15) is 0 Å². The van der Waals surface area contributed by atoms with Gasteiger partial charge in [-0.15, -0.1) is 0 Å². The first-order valence-electron chi connectivity index (χ1n) is 13.8. The summed E-state index contributed by atoms with van der Waals surface area (Å²) in [6.07, 6.45) is 6.31. The highest BCUT2D eigenvalue weighted by Crippen LogP contribution is 2.56. The van der Waals surface area contributed by atoms with E-state index in [1.54, 1.807) is 37.2 Å². The maximum absolute atomic E-state index is 16.3. The van der Waals surface area contributed by atoms with Gasteiger partial charge in [0, 0.05) is 41.9 Å². The average Bonchev–Trinajstić information content (AvgIpc) is 3.74. The fourth-order valence-electron chi connectivity index (χ4n) is 6.28. The van der Waals surface area contributed by atoms with Gasteiger partial charge in [0.15, 0.2) is 5.82 Å². The van der Waals surface area contributed by atoms with Gasteiger partial charge in [0.05, 0.1) is 16.3 Å². The maximum atomic E-state index is 16.3. The molecule has 0 spiro atoms. The van der Waals surface area contributed by atoms with Crippen LogP contribution in [-0.2, 0) is 0 Å². The van der Waals surface area contributed by atoms with Gasteiger partial charge in [-0.25, -0.2) is 8.78 Å². The summed E-state index contributed by atoms with van der Waals surface area (Å²) < 4.78 is 33.3. The van der Waals surface area contributed by atoms with Crippen LogP contribution in [0.5, 0.6) is 0 Å². The summed E-state index contributed by atoms with van der Waals surface area (Å²) in [6, 6.07) is 7.91. The summed E-state index contributed by atoms with van der Waals surface area (Å²) in [5, 5.41) is 0.531. The number of rotatable bonds is 5. The second-order valence-electron chi connectivity index (χ2n) is 11.3. The Balaban J connectivity index is 1.40. The first-order valence-corrected chi connectivity index (χ1v) is 14.5. The molecular weight excluding hydrogens is 581 g/mol. The van der Waals surface area contributed by atoms with Crippen molar-refractivity contribution in [2.75, 3.05) is 0 Å². The van der Waals surface area contributed by atoms with E-state index in [9.17, 15) is 9.59 Å². The van der Waals surface area contributed by atoms with Gasteiger partial charge in [-0.05, 0) is 93.3 Å². The van der Waals surface area contributed by atoms with Crippen molar-refractivity contribution in [3.05, 3.63) is 109 Å². The first kappa shape index (κ1) is 28.5. The Kier molecular flexibility index (Phi) is 7.18. The molecule has 0 unspecified atom stereocenters. The lowest BCUT2D eigenvalue weighted by molar-refractivity contribution is 0.0262. The molecule has 1 aliphatic heterocycles. The van der Waals surface area contributed by atoms with Crippen LogP contribution in [0.2, 0.25) is 10.0 Å². The minimum absolute atomic E-state index is 0.00295. The van der Waals surface area contributed by atoms with Crippen LogP contribution in [0.1, 0.15) is 71.3 Å². The third-order valence-electron chi connectivity index (χ3n) is 8.46. The van der Waals surface area contributed by atoms with Crippen molar-refractivity contribution >= 4 is 29.1 Å². The Labute approximate surface area is 251 Å². The van der Waals surface area contributed by atoms with E-state index >= 15 is 8.78 Å². The highest BCUT2D eigenvalue weighted by atomic mass is 35.5. The minimum atomic E-state index is -0.882. The summed E-state index contributed by atoms with van der Waals surface area (Å²) in [4.78, 5) is 36.8. The highest BCUT2D eigenvalue weighted by Gasteiger charge is 2.42. The average molecular weight is 610 g/mol. The summed E-state index contributed by atoms with van der Waals surface area (Å²) in [5.41, 5.74) is 1.23. The van der Waals surface area contributed by atoms with E-state index < -0.39 is 23.1 Å². The predicted octanol–water partition coefficient (Wildman–Crippen LogP) is 7.39. The van der Waals surface area contributed by atoms with Crippen LogP contribution >= 0.6 is 23.2 Å². The molecule has 10 heteroatoms. The zero-order valence-corrected chi connectivity index (χ0v) is 25.0. The van der Waals surface area contributed by atoms with Crippen molar-refractivity contribution in [1.82, 2.24) is 19.4 Å². The van der Waals surface area contributed by atoms with E-state index in [-0.39, 0.29) is 51.5 Å². The number of hydrogen-bond acceptors (Lipinski definition) is 4. The number of nitrogens with zero attached hydrogens (tertiary/aromatic N) is 4. The molecule has 4 heterocycles. The number of benzene rings is 1. The minimum Gasteiger partial charge on any atom is -0.333 e. The third kappa shape index (κ3) is 4.61. The molecule has 216 valence electrons. The summed E-state index contributed by atoms with van der Waals surface area (Å²) in [7, 11) is 0. The number of carbonyl (C=O) groups is 1. The number of amides is 1. The van der Waals surface area contributed by atoms with Gasteiger partial charge in [0.1, 0.15) is 16.5 Å². The van der Waals surface area contributed by atoms with Crippen molar-refractivity contribution < 1.29 is 13.6 Å². The molecule has 0 N–H and O–H groups in total. The maximum Gasteiger partial charge on any atom is 0.274 e. The first-order chi connectivity index (χ1) is 20.0. The Hall–Kier alpha value is -3.62. The van der Waals surface area contributed by atoms with Gasteiger partial charge in [-0.3, -0.25) is 24.1 Å². The predicted molar refractivity (Wildman–Crippen MR) is 159 cm³/mol. The monoisotopic (exact) mass is 608 g/mol. The standard InChI is InChI=1S/C32H28Cl2F2N4O2/c1-15-12-38-29(21-6-5-7-22(27(21)35)31(41)39-16(2)8-17(39)3)28(36)30(15)40-18(4)9-25(26(34)32(40)42)24-11-23(24)19-10-20(33)14-37-13-19/h5-7,9-10,12-14,16-17,23-24H,8,11H2,1-4H3/t16-,17-,23+,24-/m0/s1. The van der Waals surface area contributed by atoms with Gasteiger partial charge < -0.3 is 4.90 Å². The second-order valence-corrected chi connectivity index (χ2v) is 12.2. The Morgan fingerprint density at radius 3 is 2.40 bits per heavy atom.